The van der Waals surface area contributed by atoms with Crippen LogP contribution in [0.15, 0.2) is 57.4 Å². The first-order valence-electron chi connectivity index (χ1n) is 6.30. The van der Waals surface area contributed by atoms with Crippen molar-refractivity contribution in [1.29, 1.82) is 0 Å². The Kier molecular flexibility index (Phi) is 3.66. The van der Waals surface area contributed by atoms with E-state index < -0.39 is 0 Å². The molecule has 0 bridgehead atoms. The number of carbonyl (C=O) groups excluding carboxylic acids is 1. The molecule has 2 aromatic carbocycles. The van der Waals surface area contributed by atoms with Gasteiger partial charge < -0.3 is 14.5 Å². The van der Waals surface area contributed by atoms with Crippen molar-refractivity contribution in [3.05, 3.63) is 58.8 Å². The Morgan fingerprint density at radius 1 is 1.14 bits per heavy atom. The Bertz CT molecular complexity index is 793. The number of rotatable bonds is 3. The zero-order valence-electron chi connectivity index (χ0n) is 11.2. The number of methoxy groups -OCH3 is 1. The molecule has 1 aromatic heterocycles. The quantitative estimate of drug-likeness (QED) is 0.762. The van der Waals surface area contributed by atoms with Gasteiger partial charge in [0.15, 0.2) is 5.76 Å². The van der Waals surface area contributed by atoms with E-state index in [1.54, 1.807) is 25.3 Å². The maximum Gasteiger partial charge on any atom is 0.291 e. The highest BCUT2D eigenvalue weighted by Gasteiger charge is 2.13. The molecule has 0 fully saturated rings. The Morgan fingerprint density at radius 2 is 1.90 bits per heavy atom. The van der Waals surface area contributed by atoms with Gasteiger partial charge in [0.05, 0.1) is 7.11 Å². The number of furan rings is 1. The summed E-state index contributed by atoms with van der Waals surface area (Å²) in [5, 5.41) is 3.62. The Morgan fingerprint density at radius 3 is 2.62 bits per heavy atom. The summed E-state index contributed by atoms with van der Waals surface area (Å²) in [6.07, 6.45) is 0. The molecule has 0 aliphatic rings. The van der Waals surface area contributed by atoms with Crippen molar-refractivity contribution in [2.45, 2.75) is 0 Å². The van der Waals surface area contributed by atoms with E-state index in [9.17, 15) is 4.79 Å². The molecular weight excluding hydrogens is 334 g/mol. The highest BCUT2D eigenvalue weighted by molar-refractivity contribution is 9.10. The molecule has 4 nitrogen and oxygen atoms in total. The summed E-state index contributed by atoms with van der Waals surface area (Å²) < 4.78 is 11.7. The monoisotopic (exact) mass is 345 g/mol. The number of amides is 1. The molecule has 3 rings (SSSR count). The Labute approximate surface area is 129 Å². The Balaban J connectivity index is 1.85. The molecule has 0 unspecified atom stereocenters. The fourth-order valence-electron chi connectivity index (χ4n) is 1.99. The highest BCUT2D eigenvalue weighted by Crippen LogP contribution is 2.25. The summed E-state index contributed by atoms with van der Waals surface area (Å²) in [5.74, 6) is 0.705. The lowest BCUT2D eigenvalue weighted by molar-refractivity contribution is 0.0998. The average Bonchev–Trinajstić information content (AvgIpc) is 2.92. The molecule has 0 saturated heterocycles. The standard InChI is InChI=1S/C16H12BrNO3/c1-20-13-6-7-14-10(8-13)9-15(21-14)16(19)18-12-4-2-11(17)3-5-12/h2-9H,1H3,(H,18,19). The van der Waals surface area contributed by atoms with Crippen molar-refractivity contribution in [2.24, 2.45) is 0 Å². The summed E-state index contributed by atoms with van der Waals surface area (Å²) in [6, 6.07) is 14.5. The van der Waals surface area contributed by atoms with E-state index in [1.807, 2.05) is 30.3 Å². The minimum atomic E-state index is -0.285. The maximum atomic E-state index is 12.2. The predicted molar refractivity (Wildman–Crippen MR) is 84.9 cm³/mol. The van der Waals surface area contributed by atoms with Gasteiger partial charge in [-0.2, -0.15) is 0 Å². The third-order valence-corrected chi connectivity index (χ3v) is 3.58. The summed E-state index contributed by atoms with van der Waals surface area (Å²) in [6.45, 7) is 0. The first-order valence-corrected chi connectivity index (χ1v) is 7.09. The minimum Gasteiger partial charge on any atom is -0.497 e. The van der Waals surface area contributed by atoms with Crippen LogP contribution in [0.25, 0.3) is 11.0 Å². The second kappa shape index (κ2) is 5.61. The van der Waals surface area contributed by atoms with Crippen molar-refractivity contribution in [1.82, 2.24) is 0 Å². The molecule has 1 N–H and O–H groups in total. The number of halogens is 1. The second-order valence-corrected chi connectivity index (χ2v) is 5.39. The van der Waals surface area contributed by atoms with Gasteiger partial charge >= 0.3 is 0 Å². The van der Waals surface area contributed by atoms with Crippen LogP contribution in [0.4, 0.5) is 5.69 Å². The second-order valence-electron chi connectivity index (χ2n) is 4.48. The van der Waals surface area contributed by atoms with Crippen LogP contribution >= 0.6 is 15.9 Å². The van der Waals surface area contributed by atoms with E-state index in [0.29, 0.717) is 11.3 Å². The van der Waals surface area contributed by atoms with Crippen LogP contribution in [0, 0.1) is 0 Å². The third kappa shape index (κ3) is 2.92. The van der Waals surface area contributed by atoms with Crippen LogP contribution < -0.4 is 10.1 Å². The lowest BCUT2D eigenvalue weighted by Gasteiger charge is -2.02. The molecule has 1 heterocycles. The van der Waals surface area contributed by atoms with Crippen molar-refractivity contribution in [3.8, 4) is 5.75 Å². The van der Waals surface area contributed by atoms with Gasteiger partial charge in [0.1, 0.15) is 11.3 Å². The fraction of sp³-hybridized carbons (Fsp3) is 0.0625. The van der Waals surface area contributed by atoms with Gasteiger partial charge in [-0.05, 0) is 48.5 Å². The first kappa shape index (κ1) is 13.7. The van der Waals surface area contributed by atoms with E-state index in [1.165, 1.54) is 0 Å². The largest absolute Gasteiger partial charge is 0.497 e. The zero-order valence-corrected chi connectivity index (χ0v) is 12.8. The van der Waals surface area contributed by atoms with Crippen LogP contribution in [0.5, 0.6) is 5.75 Å². The zero-order chi connectivity index (χ0) is 14.8. The van der Waals surface area contributed by atoms with Crippen molar-refractivity contribution >= 4 is 38.5 Å². The van der Waals surface area contributed by atoms with Crippen LogP contribution in [-0.2, 0) is 0 Å². The number of benzene rings is 2. The Hall–Kier alpha value is -2.27. The van der Waals surface area contributed by atoms with E-state index in [-0.39, 0.29) is 11.7 Å². The molecule has 106 valence electrons. The molecule has 0 atom stereocenters. The average molecular weight is 346 g/mol. The molecular formula is C16H12BrNO3. The summed E-state index contributed by atoms with van der Waals surface area (Å²) in [7, 11) is 1.60. The van der Waals surface area contributed by atoms with Crippen LogP contribution in [0.1, 0.15) is 10.6 Å². The molecule has 0 radical (unpaired) electrons. The number of hydrogen-bond donors (Lipinski definition) is 1. The topological polar surface area (TPSA) is 51.5 Å². The third-order valence-electron chi connectivity index (χ3n) is 3.05. The lowest BCUT2D eigenvalue weighted by Crippen LogP contribution is -2.10. The smallest absolute Gasteiger partial charge is 0.291 e. The SMILES string of the molecule is COc1ccc2oc(C(=O)Nc3ccc(Br)cc3)cc2c1. The van der Waals surface area contributed by atoms with E-state index in [4.69, 9.17) is 9.15 Å². The van der Waals surface area contributed by atoms with Gasteiger partial charge in [-0.3, -0.25) is 4.79 Å². The van der Waals surface area contributed by atoms with Gasteiger partial charge in [0, 0.05) is 15.5 Å². The molecule has 21 heavy (non-hydrogen) atoms. The van der Waals surface area contributed by atoms with E-state index in [0.717, 1.165) is 15.6 Å². The van der Waals surface area contributed by atoms with E-state index in [2.05, 4.69) is 21.2 Å². The van der Waals surface area contributed by atoms with Gasteiger partial charge in [0.25, 0.3) is 5.91 Å². The summed E-state index contributed by atoms with van der Waals surface area (Å²) in [5.41, 5.74) is 1.36. The minimum absolute atomic E-state index is 0.265. The first-order chi connectivity index (χ1) is 10.2. The van der Waals surface area contributed by atoms with Crippen LogP contribution in [0.2, 0.25) is 0 Å². The molecule has 1 amide bonds. The molecule has 5 heteroatoms. The molecule has 0 aliphatic carbocycles. The summed E-state index contributed by atoms with van der Waals surface area (Å²) >= 11 is 3.35. The molecule has 0 aliphatic heterocycles. The normalized spacial score (nSPS) is 10.6. The van der Waals surface area contributed by atoms with Gasteiger partial charge in [-0.15, -0.1) is 0 Å². The predicted octanol–water partition coefficient (Wildman–Crippen LogP) is 4.46. The molecule has 3 aromatic rings. The lowest BCUT2D eigenvalue weighted by atomic mass is 10.2. The van der Waals surface area contributed by atoms with Crippen molar-refractivity contribution in [3.63, 3.8) is 0 Å². The number of anilines is 1. The highest BCUT2D eigenvalue weighted by atomic mass is 79.9. The van der Waals surface area contributed by atoms with Crippen molar-refractivity contribution in [2.75, 3.05) is 12.4 Å². The molecule has 0 spiro atoms. The van der Waals surface area contributed by atoms with E-state index >= 15 is 0 Å². The number of carbonyl (C=O) groups is 1. The van der Waals surface area contributed by atoms with Crippen LogP contribution in [0.3, 0.4) is 0 Å². The van der Waals surface area contributed by atoms with Crippen molar-refractivity contribution < 1.29 is 13.9 Å². The van der Waals surface area contributed by atoms with Gasteiger partial charge in [0.2, 0.25) is 0 Å². The molecule has 0 saturated carbocycles. The van der Waals surface area contributed by atoms with Gasteiger partial charge in [-0.1, -0.05) is 15.9 Å². The number of fused-ring (bicyclic) bond motifs is 1. The van der Waals surface area contributed by atoms with Gasteiger partial charge in [-0.25, -0.2) is 0 Å². The fourth-order valence-corrected chi connectivity index (χ4v) is 2.25. The summed E-state index contributed by atoms with van der Waals surface area (Å²) in [4.78, 5) is 12.2. The maximum absolute atomic E-state index is 12.2. The number of ether oxygens (including phenoxy) is 1. The number of nitrogens with one attached hydrogen (secondary N) is 1. The number of hydrogen-bond acceptors (Lipinski definition) is 3. The van der Waals surface area contributed by atoms with Crippen LogP contribution in [-0.4, -0.2) is 13.0 Å².